The van der Waals surface area contributed by atoms with Crippen LogP contribution < -0.4 is 9.47 Å². The van der Waals surface area contributed by atoms with Gasteiger partial charge in [0.2, 0.25) is 0 Å². The highest BCUT2D eigenvalue weighted by Gasteiger charge is 2.16. The Morgan fingerprint density at radius 2 is 1.59 bits per heavy atom. The van der Waals surface area contributed by atoms with Gasteiger partial charge in [-0.3, -0.25) is 9.59 Å². The van der Waals surface area contributed by atoms with Crippen molar-refractivity contribution in [2.45, 2.75) is 46.0 Å². The van der Waals surface area contributed by atoms with E-state index in [0.29, 0.717) is 29.4 Å². The minimum atomic E-state index is -0.0897. The van der Waals surface area contributed by atoms with Crippen LogP contribution >= 0.6 is 0 Å². The van der Waals surface area contributed by atoms with Gasteiger partial charge in [0.15, 0.2) is 11.5 Å². The van der Waals surface area contributed by atoms with Crippen LogP contribution in [0, 0.1) is 13.8 Å². The van der Waals surface area contributed by atoms with E-state index in [1.54, 1.807) is 14.2 Å². The SMILES string of the molecule is COc1ccc(-c2cc(CC(=O)CC(=O)CCCc3ccc(C)cc3)c(C)o2)cc1OC. The maximum Gasteiger partial charge on any atom is 0.161 e. The number of carbonyl (C=O) groups is 2. The van der Waals surface area contributed by atoms with E-state index >= 15 is 0 Å². The second-order valence-electron chi connectivity index (χ2n) is 8.03. The van der Waals surface area contributed by atoms with Crippen LogP contribution in [0.5, 0.6) is 11.5 Å². The smallest absolute Gasteiger partial charge is 0.161 e. The third kappa shape index (κ3) is 6.10. The van der Waals surface area contributed by atoms with Gasteiger partial charge < -0.3 is 13.9 Å². The van der Waals surface area contributed by atoms with Gasteiger partial charge in [0.05, 0.1) is 20.6 Å². The number of benzene rings is 2. The minimum absolute atomic E-state index is 0.0108. The number of hydrogen-bond acceptors (Lipinski definition) is 5. The van der Waals surface area contributed by atoms with Crippen molar-refractivity contribution in [3.05, 3.63) is 71.0 Å². The highest BCUT2D eigenvalue weighted by atomic mass is 16.5. The third-order valence-electron chi connectivity index (χ3n) is 5.51. The van der Waals surface area contributed by atoms with Crippen molar-refractivity contribution >= 4 is 11.6 Å². The van der Waals surface area contributed by atoms with E-state index in [-0.39, 0.29) is 24.4 Å². The number of rotatable bonds is 11. The van der Waals surface area contributed by atoms with E-state index in [2.05, 4.69) is 31.2 Å². The zero-order valence-corrected chi connectivity index (χ0v) is 19.2. The molecule has 0 unspecified atom stereocenters. The Bertz CT molecular complexity index is 1080. The Morgan fingerprint density at radius 3 is 2.28 bits per heavy atom. The molecule has 0 N–H and O–H groups in total. The molecule has 5 nitrogen and oxygen atoms in total. The molecule has 0 aliphatic rings. The molecule has 0 fully saturated rings. The molecule has 0 atom stereocenters. The van der Waals surface area contributed by atoms with E-state index in [4.69, 9.17) is 13.9 Å². The molecule has 32 heavy (non-hydrogen) atoms. The van der Waals surface area contributed by atoms with Gasteiger partial charge in [0, 0.05) is 24.0 Å². The van der Waals surface area contributed by atoms with Gasteiger partial charge in [-0.2, -0.15) is 0 Å². The van der Waals surface area contributed by atoms with Gasteiger partial charge in [-0.15, -0.1) is 0 Å². The first-order valence-corrected chi connectivity index (χ1v) is 10.8. The molecule has 1 heterocycles. The molecule has 0 aliphatic carbocycles. The zero-order valence-electron chi connectivity index (χ0n) is 19.2. The van der Waals surface area contributed by atoms with Crippen molar-refractivity contribution in [2.75, 3.05) is 14.2 Å². The standard InChI is InChI=1S/C27H30O5/c1-18-8-10-20(11-9-18)6-5-7-23(28)17-24(29)14-22-16-26(32-19(22)2)21-12-13-25(30-3)27(15-21)31-4/h8-13,15-16H,5-7,14,17H2,1-4H3. The minimum Gasteiger partial charge on any atom is -0.493 e. The third-order valence-corrected chi connectivity index (χ3v) is 5.51. The summed E-state index contributed by atoms with van der Waals surface area (Å²) in [5.74, 6) is 2.46. The monoisotopic (exact) mass is 434 g/mol. The average Bonchev–Trinajstić information content (AvgIpc) is 3.14. The van der Waals surface area contributed by atoms with E-state index < -0.39 is 0 Å². The lowest BCUT2D eigenvalue weighted by Crippen LogP contribution is -2.10. The number of ether oxygens (including phenoxy) is 2. The summed E-state index contributed by atoms with van der Waals surface area (Å²) in [7, 11) is 3.17. The molecule has 3 aromatic rings. The maximum absolute atomic E-state index is 12.5. The van der Waals surface area contributed by atoms with Gasteiger partial charge in [0.1, 0.15) is 23.1 Å². The van der Waals surface area contributed by atoms with Crippen molar-refractivity contribution in [2.24, 2.45) is 0 Å². The summed E-state index contributed by atoms with van der Waals surface area (Å²) >= 11 is 0. The topological polar surface area (TPSA) is 65.7 Å². The molecule has 2 aromatic carbocycles. The van der Waals surface area contributed by atoms with E-state index in [9.17, 15) is 9.59 Å². The van der Waals surface area contributed by atoms with Gasteiger partial charge in [-0.1, -0.05) is 29.8 Å². The predicted octanol–water partition coefficient (Wildman–Crippen LogP) is 5.67. The Morgan fingerprint density at radius 1 is 0.875 bits per heavy atom. The van der Waals surface area contributed by atoms with Gasteiger partial charge >= 0.3 is 0 Å². The summed E-state index contributed by atoms with van der Waals surface area (Å²) in [4.78, 5) is 24.7. The van der Waals surface area contributed by atoms with Crippen LogP contribution in [0.1, 0.15) is 41.7 Å². The van der Waals surface area contributed by atoms with Gasteiger partial charge in [-0.25, -0.2) is 0 Å². The Kier molecular flexibility index (Phi) is 7.87. The summed E-state index contributed by atoms with van der Waals surface area (Å²) in [6.45, 7) is 3.88. The van der Waals surface area contributed by atoms with Crippen molar-refractivity contribution in [1.29, 1.82) is 0 Å². The lowest BCUT2D eigenvalue weighted by Gasteiger charge is -2.08. The summed E-state index contributed by atoms with van der Waals surface area (Å²) < 4.78 is 16.5. The lowest BCUT2D eigenvalue weighted by atomic mass is 10.0. The fraction of sp³-hybridized carbons (Fsp3) is 0.333. The molecule has 0 amide bonds. The summed E-state index contributed by atoms with van der Waals surface area (Å²) in [5.41, 5.74) is 4.06. The van der Waals surface area contributed by atoms with Crippen molar-refractivity contribution in [3.8, 4) is 22.8 Å². The Balaban J connectivity index is 1.54. The van der Waals surface area contributed by atoms with Crippen LogP contribution in [-0.4, -0.2) is 25.8 Å². The van der Waals surface area contributed by atoms with Crippen LogP contribution in [0.2, 0.25) is 0 Å². The number of Topliss-reactive ketones (excluding diaryl/α,β-unsaturated/α-hetero) is 2. The van der Waals surface area contributed by atoms with Crippen molar-refractivity contribution < 1.29 is 23.5 Å². The largest absolute Gasteiger partial charge is 0.493 e. The fourth-order valence-electron chi connectivity index (χ4n) is 3.65. The van der Waals surface area contributed by atoms with E-state index in [0.717, 1.165) is 24.0 Å². The van der Waals surface area contributed by atoms with Crippen molar-refractivity contribution in [1.82, 2.24) is 0 Å². The molecule has 0 bridgehead atoms. The van der Waals surface area contributed by atoms with Crippen molar-refractivity contribution in [3.63, 3.8) is 0 Å². The quantitative estimate of drug-likeness (QED) is 0.364. The average molecular weight is 435 g/mol. The number of ketones is 2. The first kappa shape index (κ1) is 23.3. The van der Waals surface area contributed by atoms with Gasteiger partial charge in [-0.05, 0) is 56.5 Å². The number of furan rings is 1. The summed E-state index contributed by atoms with van der Waals surface area (Å²) in [5, 5.41) is 0. The first-order valence-electron chi connectivity index (χ1n) is 10.8. The van der Waals surface area contributed by atoms with Gasteiger partial charge in [0.25, 0.3) is 0 Å². The lowest BCUT2D eigenvalue weighted by molar-refractivity contribution is -0.126. The Hall–Kier alpha value is -3.34. The number of carbonyl (C=O) groups excluding carboxylic acids is 2. The highest BCUT2D eigenvalue weighted by molar-refractivity contribution is 6.00. The van der Waals surface area contributed by atoms with Crippen LogP contribution in [0.3, 0.4) is 0 Å². The molecular weight excluding hydrogens is 404 g/mol. The normalized spacial score (nSPS) is 10.8. The van der Waals surface area contributed by atoms with Crippen LogP contribution in [-0.2, 0) is 22.4 Å². The zero-order chi connectivity index (χ0) is 23.1. The molecule has 3 rings (SSSR count). The summed E-state index contributed by atoms with van der Waals surface area (Å²) in [6, 6.07) is 15.7. The molecule has 0 spiro atoms. The van der Waals surface area contributed by atoms with E-state index in [1.165, 1.54) is 11.1 Å². The van der Waals surface area contributed by atoms with E-state index in [1.807, 2.05) is 31.2 Å². The second kappa shape index (κ2) is 10.8. The van der Waals surface area contributed by atoms with Crippen LogP contribution in [0.25, 0.3) is 11.3 Å². The highest BCUT2D eigenvalue weighted by Crippen LogP contribution is 2.34. The predicted molar refractivity (Wildman–Crippen MR) is 124 cm³/mol. The molecule has 5 heteroatoms. The fourth-order valence-corrected chi connectivity index (χ4v) is 3.65. The molecule has 0 saturated heterocycles. The number of aryl methyl sites for hydroxylation is 3. The maximum atomic E-state index is 12.5. The number of methoxy groups -OCH3 is 2. The molecule has 168 valence electrons. The Labute approximate surface area is 189 Å². The van der Waals surface area contributed by atoms with Crippen LogP contribution in [0.15, 0.2) is 52.9 Å². The molecular formula is C27H30O5. The summed E-state index contributed by atoms with van der Waals surface area (Å²) in [6.07, 6.45) is 2.16. The first-order chi connectivity index (χ1) is 15.4. The molecule has 0 radical (unpaired) electrons. The second-order valence-corrected chi connectivity index (χ2v) is 8.03. The molecule has 0 saturated carbocycles. The molecule has 0 aliphatic heterocycles. The van der Waals surface area contributed by atoms with Crippen LogP contribution in [0.4, 0.5) is 0 Å². The number of hydrogen-bond donors (Lipinski definition) is 0. The molecule has 1 aromatic heterocycles.